The number of para-hydroxylation sites is 3. The van der Waals surface area contributed by atoms with E-state index >= 15 is 0 Å². The molecular weight excluding hydrogens is 683 g/mol. The van der Waals surface area contributed by atoms with Gasteiger partial charge in [0.25, 0.3) is 0 Å². The fourth-order valence-corrected chi connectivity index (χ4v) is 6.96. The molecule has 54 heavy (non-hydrogen) atoms. The average molecular weight is 724 g/mol. The maximum atomic E-state index is 14.4. The summed E-state index contributed by atoms with van der Waals surface area (Å²) in [6.07, 6.45) is 5.70. The number of carboxylic acid groups (broad SMARTS) is 1. The van der Waals surface area contributed by atoms with Crippen molar-refractivity contribution in [3.8, 4) is 0 Å². The number of hydrogen-bond donors (Lipinski definition) is 8. The first-order valence-electron chi connectivity index (χ1n) is 17.8. The van der Waals surface area contributed by atoms with Gasteiger partial charge in [0.1, 0.15) is 18.1 Å². The lowest BCUT2D eigenvalue weighted by Crippen LogP contribution is -2.58. The zero-order chi connectivity index (χ0) is 37.6. The number of carboxylic acids is 1. The standard InChI is InChI=1S/C42H41N7O5/c43-32(18-25-10-2-1-3-11-25)39(50)47-36(19-26-22-44-33-15-7-4-12-29(26)33)40(51)48-37(20-27-23-45-34-16-8-5-13-30(27)34)41(52)49-38(42(53)54)21-28-24-46-35-17-9-6-14-31(28)35/h1-17,22-24,32,36-38,44-46H,18-21,43H2,(H,47,50)(H,48,51)(H,49,52)(H,53,54). The number of nitrogens with one attached hydrogen (secondary N) is 6. The van der Waals surface area contributed by atoms with E-state index in [1.807, 2.05) is 103 Å². The molecule has 0 saturated heterocycles. The lowest BCUT2D eigenvalue weighted by Gasteiger charge is -2.25. The van der Waals surface area contributed by atoms with Gasteiger partial charge in [-0.2, -0.15) is 0 Å². The summed E-state index contributed by atoms with van der Waals surface area (Å²) in [6, 6.07) is 27.5. The van der Waals surface area contributed by atoms with Crippen molar-refractivity contribution >= 4 is 56.4 Å². The molecule has 3 aromatic heterocycles. The van der Waals surface area contributed by atoms with Crippen LogP contribution < -0.4 is 21.7 Å². The molecule has 0 radical (unpaired) electrons. The van der Waals surface area contributed by atoms with E-state index in [4.69, 9.17) is 5.73 Å². The molecule has 12 heteroatoms. The number of rotatable bonds is 15. The van der Waals surface area contributed by atoms with Gasteiger partial charge in [0.2, 0.25) is 17.7 Å². The van der Waals surface area contributed by atoms with Crippen LogP contribution in [-0.2, 0) is 44.9 Å². The van der Waals surface area contributed by atoms with Crippen LogP contribution in [0.5, 0.6) is 0 Å². The molecule has 12 nitrogen and oxygen atoms in total. The van der Waals surface area contributed by atoms with Crippen molar-refractivity contribution in [2.45, 2.75) is 49.9 Å². The van der Waals surface area contributed by atoms with Crippen LogP contribution in [0.3, 0.4) is 0 Å². The molecule has 7 aromatic rings. The van der Waals surface area contributed by atoms with Crippen molar-refractivity contribution in [2.24, 2.45) is 5.73 Å². The molecule has 0 aliphatic rings. The molecule has 274 valence electrons. The largest absolute Gasteiger partial charge is 0.480 e. The highest BCUT2D eigenvalue weighted by Gasteiger charge is 2.32. The molecule has 4 aromatic carbocycles. The zero-order valence-corrected chi connectivity index (χ0v) is 29.3. The molecule has 0 saturated carbocycles. The Hall–Kier alpha value is -6.66. The molecule has 4 unspecified atom stereocenters. The monoisotopic (exact) mass is 723 g/mol. The Balaban J connectivity index is 1.16. The quantitative estimate of drug-likeness (QED) is 0.0777. The fraction of sp³-hybridized carbons (Fsp3) is 0.190. The van der Waals surface area contributed by atoms with E-state index in [0.717, 1.165) is 55.0 Å². The molecular formula is C42H41N7O5. The van der Waals surface area contributed by atoms with Gasteiger partial charge in [0.15, 0.2) is 0 Å². The molecule has 0 spiro atoms. The predicted octanol–water partition coefficient (Wildman–Crippen LogP) is 4.27. The maximum absolute atomic E-state index is 14.4. The molecule has 0 fully saturated rings. The fourth-order valence-electron chi connectivity index (χ4n) is 6.96. The van der Waals surface area contributed by atoms with Gasteiger partial charge in [-0.05, 0) is 46.9 Å². The predicted molar refractivity (Wildman–Crippen MR) is 208 cm³/mol. The van der Waals surface area contributed by atoms with Gasteiger partial charge in [-0.15, -0.1) is 0 Å². The second kappa shape index (κ2) is 15.9. The Kier molecular flexibility index (Phi) is 10.5. The number of aromatic amines is 3. The highest BCUT2D eigenvalue weighted by Crippen LogP contribution is 2.22. The summed E-state index contributed by atoms with van der Waals surface area (Å²) >= 11 is 0. The van der Waals surface area contributed by atoms with E-state index in [9.17, 15) is 24.3 Å². The van der Waals surface area contributed by atoms with Gasteiger partial charge in [0.05, 0.1) is 6.04 Å². The van der Waals surface area contributed by atoms with Gasteiger partial charge in [0, 0.05) is 70.6 Å². The third-order valence-electron chi connectivity index (χ3n) is 9.81. The van der Waals surface area contributed by atoms with Gasteiger partial charge >= 0.3 is 5.97 Å². The first kappa shape index (κ1) is 35.7. The SMILES string of the molecule is NC(Cc1ccccc1)C(=O)NC(Cc1c[nH]c2ccccc12)C(=O)NC(Cc1c[nH]c2ccccc12)C(=O)NC(Cc1c[nH]c2ccccc12)C(=O)O. The minimum Gasteiger partial charge on any atom is -0.480 e. The van der Waals surface area contributed by atoms with Gasteiger partial charge < -0.3 is 41.7 Å². The number of hydrogen-bond acceptors (Lipinski definition) is 5. The summed E-state index contributed by atoms with van der Waals surface area (Å²) in [6.45, 7) is 0. The normalized spacial score (nSPS) is 13.6. The molecule has 0 aliphatic carbocycles. The number of aromatic nitrogens is 3. The van der Waals surface area contributed by atoms with E-state index in [2.05, 4.69) is 30.9 Å². The number of amides is 3. The van der Waals surface area contributed by atoms with Crippen molar-refractivity contribution in [3.05, 3.63) is 144 Å². The number of fused-ring (bicyclic) bond motifs is 3. The van der Waals surface area contributed by atoms with Crippen molar-refractivity contribution in [1.82, 2.24) is 30.9 Å². The molecule has 3 amide bonds. The molecule has 4 atom stereocenters. The lowest BCUT2D eigenvalue weighted by atomic mass is 10.00. The molecule has 0 aliphatic heterocycles. The van der Waals surface area contributed by atoms with Crippen LogP contribution in [0, 0.1) is 0 Å². The number of benzene rings is 4. The zero-order valence-electron chi connectivity index (χ0n) is 29.3. The number of carbonyl (C=O) groups excluding carboxylic acids is 3. The average Bonchev–Trinajstić information content (AvgIpc) is 3.91. The summed E-state index contributed by atoms with van der Waals surface area (Å²) in [5.41, 5.74) is 12.0. The smallest absolute Gasteiger partial charge is 0.326 e. The third-order valence-corrected chi connectivity index (χ3v) is 9.81. The van der Waals surface area contributed by atoms with Gasteiger partial charge in [-0.25, -0.2) is 4.79 Å². The second-order valence-corrected chi connectivity index (χ2v) is 13.5. The summed E-state index contributed by atoms with van der Waals surface area (Å²) in [7, 11) is 0. The maximum Gasteiger partial charge on any atom is 0.326 e. The van der Waals surface area contributed by atoms with Crippen molar-refractivity contribution in [3.63, 3.8) is 0 Å². The van der Waals surface area contributed by atoms with Crippen molar-refractivity contribution in [1.29, 1.82) is 0 Å². The van der Waals surface area contributed by atoms with Crippen LogP contribution in [0.15, 0.2) is 122 Å². The Bertz CT molecular complexity index is 2430. The summed E-state index contributed by atoms with van der Waals surface area (Å²) in [5, 5.41) is 21.3. The summed E-state index contributed by atoms with van der Waals surface area (Å²) in [4.78, 5) is 64.2. The molecule has 9 N–H and O–H groups in total. The molecule has 7 rings (SSSR count). The van der Waals surface area contributed by atoms with Crippen molar-refractivity contribution < 1.29 is 24.3 Å². The van der Waals surface area contributed by atoms with E-state index in [1.165, 1.54) is 0 Å². The first-order chi connectivity index (χ1) is 26.2. The number of carbonyl (C=O) groups is 4. The highest BCUT2D eigenvalue weighted by molar-refractivity contribution is 5.96. The Morgan fingerprint density at radius 3 is 1.31 bits per heavy atom. The molecule has 0 bridgehead atoms. The number of H-pyrrole nitrogens is 3. The van der Waals surface area contributed by atoms with Crippen LogP contribution >= 0.6 is 0 Å². The van der Waals surface area contributed by atoms with Crippen LogP contribution in [0.2, 0.25) is 0 Å². The summed E-state index contributed by atoms with van der Waals surface area (Å²) < 4.78 is 0. The Morgan fingerprint density at radius 1 is 0.500 bits per heavy atom. The van der Waals surface area contributed by atoms with E-state index in [0.29, 0.717) is 0 Å². The topological polar surface area (TPSA) is 198 Å². The van der Waals surface area contributed by atoms with Crippen LogP contribution in [-0.4, -0.2) is 67.9 Å². The van der Waals surface area contributed by atoms with Crippen molar-refractivity contribution in [2.75, 3.05) is 0 Å². The Labute approximate surface area is 310 Å². The third kappa shape index (κ3) is 8.03. The van der Waals surface area contributed by atoms with Crippen LogP contribution in [0.25, 0.3) is 32.7 Å². The second-order valence-electron chi connectivity index (χ2n) is 13.5. The van der Waals surface area contributed by atoms with Crippen LogP contribution in [0.4, 0.5) is 0 Å². The Morgan fingerprint density at radius 2 is 0.870 bits per heavy atom. The van der Waals surface area contributed by atoms with E-state index in [-0.39, 0.29) is 25.7 Å². The number of aliphatic carboxylic acids is 1. The highest BCUT2D eigenvalue weighted by atomic mass is 16.4. The van der Waals surface area contributed by atoms with E-state index < -0.39 is 47.9 Å². The minimum atomic E-state index is -1.29. The van der Waals surface area contributed by atoms with Gasteiger partial charge in [-0.1, -0.05) is 84.9 Å². The van der Waals surface area contributed by atoms with Gasteiger partial charge in [-0.3, -0.25) is 14.4 Å². The summed E-state index contributed by atoms with van der Waals surface area (Å²) in [5.74, 6) is -3.05. The van der Waals surface area contributed by atoms with Crippen LogP contribution in [0.1, 0.15) is 22.3 Å². The first-order valence-corrected chi connectivity index (χ1v) is 17.8. The van der Waals surface area contributed by atoms with E-state index in [1.54, 1.807) is 18.6 Å². The molecule has 3 heterocycles. The lowest BCUT2D eigenvalue weighted by molar-refractivity contribution is -0.142. The minimum absolute atomic E-state index is 0.0113. The number of nitrogens with two attached hydrogens (primary N) is 1.